The first-order chi connectivity index (χ1) is 11.6. The van der Waals surface area contributed by atoms with Gasteiger partial charge in [-0.05, 0) is 26.0 Å². The van der Waals surface area contributed by atoms with Crippen LogP contribution in [0.5, 0.6) is 0 Å². The van der Waals surface area contributed by atoms with E-state index in [-0.39, 0.29) is 36.8 Å². The molecule has 24 heavy (non-hydrogen) atoms. The van der Waals surface area contributed by atoms with Crippen molar-refractivity contribution in [2.45, 2.75) is 43.7 Å². The lowest BCUT2D eigenvalue weighted by Gasteiger charge is -2.37. The fourth-order valence-electron chi connectivity index (χ4n) is 3.17. The van der Waals surface area contributed by atoms with E-state index in [1.165, 1.54) is 0 Å². The minimum absolute atomic E-state index is 0.0325. The van der Waals surface area contributed by atoms with Crippen LogP contribution in [0.2, 0.25) is 0 Å². The molecule has 0 aliphatic carbocycles. The summed E-state index contributed by atoms with van der Waals surface area (Å²) in [6.07, 6.45) is 0.588. The lowest BCUT2D eigenvalue weighted by molar-refractivity contribution is -0.144. The largest absolute Gasteiger partial charge is 0.375 e. The van der Waals surface area contributed by atoms with E-state index in [0.29, 0.717) is 19.7 Å². The molecule has 6 heteroatoms. The third-order valence-electron chi connectivity index (χ3n) is 4.51. The van der Waals surface area contributed by atoms with Crippen molar-refractivity contribution in [2.24, 2.45) is 0 Å². The van der Waals surface area contributed by atoms with E-state index in [1.807, 2.05) is 47.9 Å². The van der Waals surface area contributed by atoms with E-state index in [1.54, 1.807) is 11.8 Å². The number of ether oxygens (including phenoxy) is 1. The van der Waals surface area contributed by atoms with Gasteiger partial charge in [0.15, 0.2) is 0 Å². The zero-order valence-corrected chi connectivity index (χ0v) is 15.1. The highest BCUT2D eigenvalue weighted by atomic mass is 32.2. The molecule has 0 aromatic heterocycles. The Bertz CT molecular complexity index is 622. The maximum atomic E-state index is 12.6. The summed E-state index contributed by atoms with van der Waals surface area (Å²) in [6.45, 7) is 5.85. The van der Waals surface area contributed by atoms with Crippen LogP contribution in [0.1, 0.15) is 26.7 Å². The van der Waals surface area contributed by atoms with Gasteiger partial charge in [0.1, 0.15) is 0 Å². The van der Waals surface area contributed by atoms with Crippen LogP contribution >= 0.6 is 11.8 Å². The second-order valence-electron chi connectivity index (χ2n) is 6.40. The Morgan fingerprint density at radius 2 is 1.96 bits per heavy atom. The Hall–Kier alpha value is -1.53. The summed E-state index contributed by atoms with van der Waals surface area (Å²) in [7, 11) is 0. The van der Waals surface area contributed by atoms with Gasteiger partial charge in [-0.3, -0.25) is 9.59 Å². The van der Waals surface area contributed by atoms with Gasteiger partial charge >= 0.3 is 0 Å². The first-order valence-corrected chi connectivity index (χ1v) is 9.48. The molecule has 2 heterocycles. The summed E-state index contributed by atoms with van der Waals surface area (Å²) in [5.41, 5.74) is 0.972. The SMILES string of the molecule is C[C@@H]1CN(C(=O)CCC(=O)N2CCSc3ccccc32)[C@H](C)CO1. The number of rotatable bonds is 3. The minimum atomic E-state index is 0.0325. The lowest BCUT2D eigenvalue weighted by atomic mass is 10.1. The summed E-state index contributed by atoms with van der Waals surface area (Å²) in [5, 5.41) is 0. The van der Waals surface area contributed by atoms with Crippen LogP contribution in [0, 0.1) is 0 Å². The quantitative estimate of drug-likeness (QED) is 0.842. The number of amides is 2. The molecule has 2 aliphatic rings. The number of fused-ring (bicyclic) bond motifs is 1. The number of carbonyl (C=O) groups is 2. The summed E-state index contributed by atoms with van der Waals surface area (Å²) < 4.78 is 5.56. The van der Waals surface area contributed by atoms with Crippen molar-refractivity contribution in [2.75, 3.05) is 30.3 Å². The molecule has 2 atom stereocenters. The van der Waals surface area contributed by atoms with Crippen molar-refractivity contribution in [3.05, 3.63) is 24.3 Å². The van der Waals surface area contributed by atoms with Crippen molar-refractivity contribution >= 4 is 29.3 Å². The average Bonchev–Trinajstić information content (AvgIpc) is 2.61. The summed E-state index contributed by atoms with van der Waals surface area (Å²) in [6, 6.07) is 8.04. The Labute approximate surface area is 147 Å². The first-order valence-electron chi connectivity index (χ1n) is 8.49. The molecule has 0 spiro atoms. The van der Waals surface area contributed by atoms with Gasteiger partial charge in [0.25, 0.3) is 0 Å². The number of thioether (sulfide) groups is 1. The van der Waals surface area contributed by atoms with Crippen molar-refractivity contribution in [3.8, 4) is 0 Å². The molecule has 1 saturated heterocycles. The van der Waals surface area contributed by atoms with E-state index >= 15 is 0 Å². The van der Waals surface area contributed by atoms with Gasteiger partial charge < -0.3 is 14.5 Å². The number of nitrogens with zero attached hydrogens (tertiary/aromatic N) is 2. The van der Waals surface area contributed by atoms with Crippen molar-refractivity contribution < 1.29 is 14.3 Å². The van der Waals surface area contributed by atoms with Gasteiger partial charge in [-0.15, -0.1) is 11.8 Å². The van der Waals surface area contributed by atoms with Gasteiger partial charge in [0.05, 0.1) is 24.4 Å². The highest BCUT2D eigenvalue weighted by molar-refractivity contribution is 7.99. The monoisotopic (exact) mass is 348 g/mol. The summed E-state index contributed by atoms with van der Waals surface area (Å²) >= 11 is 1.77. The Balaban J connectivity index is 1.59. The molecule has 0 bridgehead atoms. The normalized spacial score (nSPS) is 23.8. The zero-order chi connectivity index (χ0) is 17.1. The highest BCUT2D eigenvalue weighted by Gasteiger charge is 2.29. The molecule has 1 fully saturated rings. The predicted octanol–water partition coefficient (Wildman–Crippen LogP) is 2.54. The molecule has 3 rings (SSSR count). The third kappa shape index (κ3) is 3.75. The van der Waals surface area contributed by atoms with Crippen molar-refractivity contribution in [3.63, 3.8) is 0 Å². The molecule has 2 amide bonds. The number of para-hydroxylation sites is 1. The number of anilines is 1. The second-order valence-corrected chi connectivity index (χ2v) is 7.54. The van der Waals surface area contributed by atoms with Crippen LogP contribution < -0.4 is 4.90 Å². The van der Waals surface area contributed by atoms with E-state index in [0.717, 1.165) is 16.3 Å². The first kappa shape index (κ1) is 17.3. The van der Waals surface area contributed by atoms with Crippen LogP contribution in [0.15, 0.2) is 29.2 Å². The molecule has 0 N–H and O–H groups in total. The molecule has 130 valence electrons. The van der Waals surface area contributed by atoms with Crippen LogP contribution in [-0.2, 0) is 14.3 Å². The average molecular weight is 348 g/mol. The number of morpholine rings is 1. The van der Waals surface area contributed by atoms with Gasteiger partial charge in [-0.2, -0.15) is 0 Å². The number of carbonyl (C=O) groups excluding carboxylic acids is 2. The van der Waals surface area contributed by atoms with Crippen molar-refractivity contribution in [1.82, 2.24) is 4.90 Å². The van der Waals surface area contributed by atoms with E-state index in [2.05, 4.69) is 0 Å². The fraction of sp³-hybridized carbons (Fsp3) is 0.556. The van der Waals surface area contributed by atoms with E-state index in [9.17, 15) is 9.59 Å². The number of hydrogen-bond acceptors (Lipinski definition) is 4. The maximum absolute atomic E-state index is 12.6. The van der Waals surface area contributed by atoms with Crippen molar-refractivity contribution in [1.29, 1.82) is 0 Å². The van der Waals surface area contributed by atoms with Gasteiger partial charge in [-0.1, -0.05) is 12.1 Å². The number of hydrogen-bond donors (Lipinski definition) is 0. The Kier molecular flexibility index (Phi) is 5.46. The zero-order valence-electron chi connectivity index (χ0n) is 14.2. The summed E-state index contributed by atoms with van der Waals surface area (Å²) in [5.74, 6) is 0.977. The lowest BCUT2D eigenvalue weighted by Crippen LogP contribution is -2.50. The van der Waals surface area contributed by atoms with Crippen LogP contribution in [0.3, 0.4) is 0 Å². The fourth-order valence-corrected chi connectivity index (χ4v) is 4.17. The van der Waals surface area contributed by atoms with Gasteiger partial charge in [0.2, 0.25) is 11.8 Å². The summed E-state index contributed by atoms with van der Waals surface area (Å²) in [4.78, 5) is 29.9. The van der Waals surface area contributed by atoms with Gasteiger partial charge in [-0.25, -0.2) is 0 Å². The highest BCUT2D eigenvalue weighted by Crippen LogP contribution is 2.34. The maximum Gasteiger partial charge on any atom is 0.227 e. The Morgan fingerprint density at radius 1 is 1.21 bits per heavy atom. The topological polar surface area (TPSA) is 49.9 Å². The minimum Gasteiger partial charge on any atom is -0.375 e. The van der Waals surface area contributed by atoms with Crippen LogP contribution in [0.4, 0.5) is 5.69 Å². The molecule has 1 aromatic carbocycles. The standard InChI is InChI=1S/C18H24N2O3S/c1-13-12-23-14(2)11-20(13)18(22)8-7-17(21)19-9-10-24-16-6-4-3-5-15(16)19/h3-6,13-14H,7-12H2,1-2H3/t13-,14-/m1/s1. The molecular formula is C18H24N2O3S. The molecule has 2 aliphatic heterocycles. The van der Waals surface area contributed by atoms with Crippen LogP contribution in [-0.4, -0.2) is 54.3 Å². The smallest absolute Gasteiger partial charge is 0.227 e. The molecule has 0 radical (unpaired) electrons. The third-order valence-corrected chi connectivity index (χ3v) is 5.55. The van der Waals surface area contributed by atoms with E-state index in [4.69, 9.17) is 4.74 Å². The molecular weight excluding hydrogens is 324 g/mol. The second kappa shape index (κ2) is 7.57. The molecule has 5 nitrogen and oxygen atoms in total. The van der Waals surface area contributed by atoms with Crippen LogP contribution in [0.25, 0.3) is 0 Å². The molecule has 0 unspecified atom stereocenters. The number of benzene rings is 1. The van der Waals surface area contributed by atoms with E-state index < -0.39 is 0 Å². The molecule has 1 aromatic rings. The predicted molar refractivity (Wildman–Crippen MR) is 95.3 cm³/mol. The Morgan fingerprint density at radius 3 is 2.79 bits per heavy atom. The van der Waals surface area contributed by atoms with Gasteiger partial charge in [0, 0.05) is 36.6 Å². The molecule has 0 saturated carbocycles.